The molecule has 1 aromatic heterocycles. The number of pyridine rings is 1. The lowest BCUT2D eigenvalue weighted by atomic mass is 10.0. The fourth-order valence-electron chi connectivity index (χ4n) is 2.56. The summed E-state index contributed by atoms with van der Waals surface area (Å²) >= 11 is 7.10. The molecule has 1 saturated heterocycles. The van der Waals surface area contributed by atoms with Gasteiger partial charge in [0.25, 0.3) is 0 Å². The van der Waals surface area contributed by atoms with Gasteiger partial charge in [0.2, 0.25) is 0 Å². The van der Waals surface area contributed by atoms with Crippen LogP contribution in [0.3, 0.4) is 0 Å². The molecule has 1 atom stereocenters. The zero-order chi connectivity index (χ0) is 13.7. The molecule has 2 heterocycles. The third-order valence-corrected chi connectivity index (χ3v) is 4.51. The van der Waals surface area contributed by atoms with Crippen LogP contribution in [0.15, 0.2) is 21.2 Å². The van der Waals surface area contributed by atoms with Crippen LogP contribution in [-0.4, -0.2) is 30.7 Å². The maximum Gasteiger partial charge on any atom is 0.143 e. The molecule has 1 aliphatic rings. The third kappa shape index (κ3) is 4.17. The number of hydrogen-bond acceptors (Lipinski definition) is 3. The van der Waals surface area contributed by atoms with E-state index in [2.05, 4.69) is 60.1 Å². The normalized spacial score (nSPS) is 19.7. The van der Waals surface area contributed by atoms with E-state index in [0.29, 0.717) is 6.04 Å². The molecule has 0 amide bonds. The summed E-state index contributed by atoms with van der Waals surface area (Å²) < 4.78 is 2.09. The Morgan fingerprint density at radius 1 is 1.42 bits per heavy atom. The minimum absolute atomic E-state index is 0.560. The molecule has 0 aromatic carbocycles. The van der Waals surface area contributed by atoms with Crippen LogP contribution in [0.1, 0.15) is 32.6 Å². The number of rotatable bonds is 5. The van der Waals surface area contributed by atoms with Gasteiger partial charge < -0.3 is 10.2 Å². The Morgan fingerprint density at radius 2 is 2.26 bits per heavy atom. The Hall–Kier alpha value is -0.130. The van der Waals surface area contributed by atoms with Gasteiger partial charge in [-0.05, 0) is 70.2 Å². The van der Waals surface area contributed by atoms with Crippen LogP contribution in [0.5, 0.6) is 0 Å². The molecule has 0 saturated carbocycles. The van der Waals surface area contributed by atoms with Crippen molar-refractivity contribution in [2.75, 3.05) is 24.5 Å². The number of aromatic nitrogens is 1. The molecule has 19 heavy (non-hydrogen) atoms. The Kier molecular flexibility index (Phi) is 6.10. The van der Waals surface area contributed by atoms with Gasteiger partial charge in [-0.15, -0.1) is 0 Å². The average Bonchev–Trinajstić information content (AvgIpc) is 2.40. The fraction of sp³-hybridized carbons (Fsp3) is 0.643. The fourth-order valence-corrected chi connectivity index (χ4v) is 3.77. The molecule has 0 aliphatic carbocycles. The van der Waals surface area contributed by atoms with Crippen molar-refractivity contribution >= 4 is 37.7 Å². The molecule has 5 heteroatoms. The van der Waals surface area contributed by atoms with Crippen molar-refractivity contribution in [2.45, 2.75) is 38.6 Å². The number of nitrogens with zero attached hydrogens (tertiary/aromatic N) is 2. The van der Waals surface area contributed by atoms with Gasteiger partial charge in [-0.1, -0.05) is 6.92 Å². The van der Waals surface area contributed by atoms with E-state index >= 15 is 0 Å². The summed E-state index contributed by atoms with van der Waals surface area (Å²) in [5, 5.41) is 3.54. The van der Waals surface area contributed by atoms with Gasteiger partial charge in [0.1, 0.15) is 5.82 Å². The maximum absolute atomic E-state index is 4.58. The van der Waals surface area contributed by atoms with E-state index in [4.69, 9.17) is 0 Å². The first kappa shape index (κ1) is 15.3. The SMILES string of the molecule is CCCNCC1CCCCN1c1ncc(Br)cc1Br. The van der Waals surface area contributed by atoms with Crippen molar-refractivity contribution in [1.82, 2.24) is 10.3 Å². The van der Waals surface area contributed by atoms with Crippen LogP contribution in [0.4, 0.5) is 5.82 Å². The number of piperidine rings is 1. The molecule has 3 nitrogen and oxygen atoms in total. The highest BCUT2D eigenvalue weighted by atomic mass is 79.9. The molecule has 1 fully saturated rings. The van der Waals surface area contributed by atoms with Crippen molar-refractivity contribution in [3.05, 3.63) is 21.2 Å². The predicted molar refractivity (Wildman–Crippen MR) is 87.8 cm³/mol. The summed E-state index contributed by atoms with van der Waals surface area (Å²) in [4.78, 5) is 7.03. The summed E-state index contributed by atoms with van der Waals surface area (Å²) in [6.45, 7) is 5.46. The molecular weight excluding hydrogens is 370 g/mol. The summed E-state index contributed by atoms with van der Waals surface area (Å²) in [5.74, 6) is 1.08. The minimum atomic E-state index is 0.560. The van der Waals surface area contributed by atoms with Gasteiger partial charge in [0.15, 0.2) is 0 Å². The standard InChI is InChI=1S/C14H21Br2N3/c1-2-6-17-10-12-5-3-4-7-19(12)14-13(16)8-11(15)9-18-14/h8-9,12,17H,2-7,10H2,1H3. The first-order chi connectivity index (χ1) is 9.22. The third-order valence-electron chi connectivity index (χ3n) is 3.49. The second-order valence-corrected chi connectivity index (χ2v) is 6.78. The number of nitrogens with one attached hydrogen (secondary N) is 1. The summed E-state index contributed by atoms with van der Waals surface area (Å²) in [6, 6.07) is 2.64. The summed E-state index contributed by atoms with van der Waals surface area (Å²) in [5.41, 5.74) is 0. The Bertz CT molecular complexity index is 412. The molecule has 0 spiro atoms. The molecule has 0 bridgehead atoms. The number of hydrogen-bond donors (Lipinski definition) is 1. The molecule has 1 unspecified atom stereocenters. The van der Waals surface area contributed by atoms with Crippen LogP contribution in [0.2, 0.25) is 0 Å². The highest BCUT2D eigenvalue weighted by molar-refractivity contribution is 9.11. The van der Waals surface area contributed by atoms with Gasteiger partial charge in [0.05, 0.1) is 4.47 Å². The molecule has 1 aliphatic heterocycles. The number of anilines is 1. The van der Waals surface area contributed by atoms with E-state index < -0.39 is 0 Å². The lowest BCUT2D eigenvalue weighted by Gasteiger charge is -2.37. The van der Waals surface area contributed by atoms with Crippen molar-refractivity contribution in [1.29, 1.82) is 0 Å². The largest absolute Gasteiger partial charge is 0.351 e. The van der Waals surface area contributed by atoms with Gasteiger partial charge in [0, 0.05) is 29.8 Å². The molecular formula is C14H21Br2N3. The molecule has 1 N–H and O–H groups in total. The van der Waals surface area contributed by atoms with E-state index in [-0.39, 0.29) is 0 Å². The van der Waals surface area contributed by atoms with Gasteiger partial charge in [-0.25, -0.2) is 4.98 Å². The number of halogens is 2. The van der Waals surface area contributed by atoms with Gasteiger partial charge >= 0.3 is 0 Å². The smallest absolute Gasteiger partial charge is 0.143 e. The van der Waals surface area contributed by atoms with Gasteiger partial charge in [-0.2, -0.15) is 0 Å². The molecule has 2 rings (SSSR count). The van der Waals surface area contributed by atoms with E-state index in [0.717, 1.165) is 34.4 Å². The van der Waals surface area contributed by atoms with Crippen LogP contribution < -0.4 is 10.2 Å². The Labute approximate surface area is 132 Å². The molecule has 1 aromatic rings. The highest BCUT2D eigenvalue weighted by Gasteiger charge is 2.24. The Morgan fingerprint density at radius 3 is 3.00 bits per heavy atom. The van der Waals surface area contributed by atoms with E-state index in [9.17, 15) is 0 Å². The van der Waals surface area contributed by atoms with Gasteiger partial charge in [-0.3, -0.25) is 0 Å². The lowest BCUT2D eigenvalue weighted by molar-refractivity contribution is 0.432. The lowest BCUT2D eigenvalue weighted by Crippen LogP contribution is -2.46. The van der Waals surface area contributed by atoms with E-state index in [1.807, 2.05) is 6.20 Å². The zero-order valence-corrected chi connectivity index (χ0v) is 14.5. The second-order valence-electron chi connectivity index (χ2n) is 5.01. The van der Waals surface area contributed by atoms with Crippen molar-refractivity contribution in [2.24, 2.45) is 0 Å². The average molecular weight is 391 g/mol. The molecule has 106 valence electrons. The monoisotopic (exact) mass is 389 g/mol. The quantitative estimate of drug-likeness (QED) is 0.771. The van der Waals surface area contributed by atoms with Crippen molar-refractivity contribution in [3.63, 3.8) is 0 Å². The van der Waals surface area contributed by atoms with Crippen LogP contribution >= 0.6 is 31.9 Å². The predicted octanol–water partition coefficient (Wildman–Crippen LogP) is 3.97. The topological polar surface area (TPSA) is 28.2 Å². The summed E-state index contributed by atoms with van der Waals surface area (Å²) in [7, 11) is 0. The van der Waals surface area contributed by atoms with Crippen molar-refractivity contribution in [3.8, 4) is 0 Å². The van der Waals surface area contributed by atoms with Crippen LogP contribution in [-0.2, 0) is 0 Å². The van der Waals surface area contributed by atoms with Crippen LogP contribution in [0.25, 0.3) is 0 Å². The van der Waals surface area contributed by atoms with Crippen molar-refractivity contribution < 1.29 is 0 Å². The maximum atomic E-state index is 4.58. The summed E-state index contributed by atoms with van der Waals surface area (Å²) in [6.07, 6.45) is 6.90. The highest BCUT2D eigenvalue weighted by Crippen LogP contribution is 2.31. The Balaban J connectivity index is 2.09. The molecule has 0 radical (unpaired) electrons. The van der Waals surface area contributed by atoms with Crippen LogP contribution in [0, 0.1) is 0 Å². The van der Waals surface area contributed by atoms with E-state index in [1.54, 1.807) is 0 Å². The first-order valence-electron chi connectivity index (χ1n) is 7.00. The second kappa shape index (κ2) is 7.60. The zero-order valence-electron chi connectivity index (χ0n) is 11.3. The van der Waals surface area contributed by atoms with E-state index in [1.165, 1.54) is 25.7 Å². The minimum Gasteiger partial charge on any atom is -0.351 e. The first-order valence-corrected chi connectivity index (χ1v) is 8.59.